The number of hydrogen-bond acceptors (Lipinski definition) is 2. The number of anilines is 1. The van der Waals surface area contributed by atoms with Crippen molar-refractivity contribution < 1.29 is 4.39 Å². The Morgan fingerprint density at radius 1 is 1.46 bits per heavy atom. The third-order valence-corrected chi connectivity index (χ3v) is 1.86. The lowest BCUT2D eigenvalue weighted by molar-refractivity contribution is 0.629. The highest BCUT2D eigenvalue weighted by Crippen LogP contribution is 2.18. The molecule has 0 saturated heterocycles. The normalized spacial score (nSPS) is 10.1. The van der Waals surface area contributed by atoms with Gasteiger partial charge in [0.25, 0.3) is 0 Å². The van der Waals surface area contributed by atoms with Crippen molar-refractivity contribution in [2.75, 3.05) is 18.4 Å². The Hall–Kier alpha value is -0.800. The maximum absolute atomic E-state index is 13.1. The molecule has 0 saturated carbocycles. The van der Waals surface area contributed by atoms with Gasteiger partial charge in [0, 0.05) is 11.6 Å². The molecule has 0 radical (unpaired) electrons. The van der Waals surface area contributed by atoms with Crippen LogP contribution < -0.4 is 11.1 Å². The molecular weight excluding hydrogens is 191 g/mol. The lowest BCUT2D eigenvalue weighted by atomic mass is 10.3. The first-order valence-corrected chi connectivity index (χ1v) is 4.51. The molecule has 0 heterocycles. The Morgan fingerprint density at radius 2 is 2.23 bits per heavy atom. The summed E-state index contributed by atoms with van der Waals surface area (Å²) in [6.07, 6.45) is 0.821. The quantitative estimate of drug-likeness (QED) is 0.735. The predicted octanol–water partition coefficient (Wildman–Crippen LogP) is 2.24. The average Bonchev–Trinajstić information content (AvgIpc) is 2.09. The molecule has 4 heteroatoms. The van der Waals surface area contributed by atoms with Crippen molar-refractivity contribution in [2.45, 2.75) is 6.42 Å². The van der Waals surface area contributed by atoms with Gasteiger partial charge in [0.2, 0.25) is 0 Å². The summed E-state index contributed by atoms with van der Waals surface area (Å²) in [7, 11) is 0. The van der Waals surface area contributed by atoms with Crippen molar-refractivity contribution in [1.29, 1.82) is 0 Å². The molecule has 0 aliphatic carbocycles. The number of rotatable bonds is 4. The Bertz CT molecular complexity index is 278. The van der Waals surface area contributed by atoms with Crippen LogP contribution in [0, 0.1) is 5.82 Å². The summed E-state index contributed by atoms with van der Waals surface area (Å²) < 4.78 is 13.1. The molecule has 1 aromatic rings. The fourth-order valence-corrected chi connectivity index (χ4v) is 1.12. The molecule has 0 atom stereocenters. The van der Waals surface area contributed by atoms with E-state index in [4.69, 9.17) is 17.3 Å². The first kappa shape index (κ1) is 10.3. The van der Waals surface area contributed by atoms with Gasteiger partial charge in [-0.15, -0.1) is 0 Å². The van der Waals surface area contributed by atoms with E-state index in [2.05, 4.69) is 5.32 Å². The van der Waals surface area contributed by atoms with Gasteiger partial charge < -0.3 is 11.1 Å². The summed E-state index contributed by atoms with van der Waals surface area (Å²) in [6, 6.07) is 4.55. The van der Waals surface area contributed by atoms with Crippen molar-refractivity contribution in [3.8, 4) is 0 Å². The molecule has 0 unspecified atom stereocenters. The lowest BCUT2D eigenvalue weighted by Gasteiger charge is -2.06. The Kier molecular flexibility index (Phi) is 3.99. The Balaban J connectivity index is 2.56. The van der Waals surface area contributed by atoms with Gasteiger partial charge in [0.15, 0.2) is 0 Å². The fourth-order valence-electron chi connectivity index (χ4n) is 0.958. The highest BCUT2D eigenvalue weighted by molar-refractivity contribution is 6.30. The molecule has 0 amide bonds. The van der Waals surface area contributed by atoms with Gasteiger partial charge in [-0.1, -0.05) is 11.6 Å². The van der Waals surface area contributed by atoms with E-state index in [1.54, 1.807) is 12.1 Å². The highest BCUT2D eigenvalue weighted by atomic mass is 35.5. The molecule has 0 aliphatic rings. The summed E-state index contributed by atoms with van der Waals surface area (Å²) in [5.74, 6) is -0.329. The second-order valence-electron chi connectivity index (χ2n) is 2.69. The molecule has 0 aliphatic heterocycles. The van der Waals surface area contributed by atoms with Crippen molar-refractivity contribution in [1.82, 2.24) is 0 Å². The van der Waals surface area contributed by atoms with Crippen LogP contribution >= 0.6 is 11.6 Å². The molecular formula is C9H12ClFN2. The van der Waals surface area contributed by atoms with Crippen molar-refractivity contribution in [3.05, 3.63) is 29.0 Å². The molecule has 1 aromatic carbocycles. The average molecular weight is 203 g/mol. The van der Waals surface area contributed by atoms with Crippen LogP contribution in [0.4, 0.5) is 10.1 Å². The summed E-state index contributed by atoms with van der Waals surface area (Å²) >= 11 is 5.59. The van der Waals surface area contributed by atoms with Crippen molar-refractivity contribution in [2.24, 2.45) is 5.73 Å². The van der Waals surface area contributed by atoms with E-state index in [1.807, 2.05) is 0 Å². The summed E-state index contributed by atoms with van der Waals surface area (Å²) in [4.78, 5) is 0. The minimum atomic E-state index is -0.329. The van der Waals surface area contributed by atoms with E-state index in [0.717, 1.165) is 6.42 Å². The monoisotopic (exact) mass is 202 g/mol. The first-order valence-electron chi connectivity index (χ1n) is 4.13. The molecule has 13 heavy (non-hydrogen) atoms. The van der Waals surface area contributed by atoms with Crippen LogP contribution in [-0.4, -0.2) is 13.1 Å². The molecule has 0 aromatic heterocycles. The molecule has 72 valence electrons. The molecule has 2 nitrogen and oxygen atoms in total. The number of nitrogens with one attached hydrogen (secondary N) is 1. The van der Waals surface area contributed by atoms with Gasteiger partial charge in [-0.05, 0) is 31.2 Å². The van der Waals surface area contributed by atoms with Crippen molar-refractivity contribution >= 4 is 17.3 Å². The SMILES string of the molecule is NCCCNc1ccc(Cl)cc1F. The van der Waals surface area contributed by atoms with Gasteiger partial charge in [0.1, 0.15) is 5.82 Å². The largest absolute Gasteiger partial charge is 0.383 e. The van der Waals surface area contributed by atoms with Crippen LogP contribution in [0.15, 0.2) is 18.2 Å². The molecule has 0 spiro atoms. The van der Waals surface area contributed by atoms with Gasteiger partial charge >= 0.3 is 0 Å². The third kappa shape index (κ3) is 3.20. The van der Waals surface area contributed by atoms with Gasteiger partial charge in [-0.25, -0.2) is 4.39 Å². The Labute approximate surface area is 81.9 Å². The summed E-state index contributed by atoms with van der Waals surface area (Å²) in [5, 5.41) is 3.33. The lowest BCUT2D eigenvalue weighted by Crippen LogP contribution is -2.09. The zero-order valence-corrected chi connectivity index (χ0v) is 7.94. The first-order chi connectivity index (χ1) is 6.24. The number of hydrogen-bond donors (Lipinski definition) is 2. The van der Waals surface area contributed by atoms with Crippen LogP contribution in [-0.2, 0) is 0 Å². The topological polar surface area (TPSA) is 38.0 Å². The number of halogens is 2. The summed E-state index contributed by atoms with van der Waals surface area (Å²) in [5.41, 5.74) is 5.77. The predicted molar refractivity (Wildman–Crippen MR) is 53.6 cm³/mol. The maximum Gasteiger partial charge on any atom is 0.147 e. The van der Waals surface area contributed by atoms with Crippen LogP contribution in [0.3, 0.4) is 0 Å². The number of nitrogens with two attached hydrogens (primary N) is 1. The van der Waals surface area contributed by atoms with Crippen LogP contribution in [0.2, 0.25) is 5.02 Å². The smallest absolute Gasteiger partial charge is 0.147 e. The van der Waals surface area contributed by atoms with Gasteiger partial charge in [-0.2, -0.15) is 0 Å². The van der Waals surface area contributed by atoms with Crippen LogP contribution in [0.5, 0.6) is 0 Å². The second kappa shape index (κ2) is 5.04. The highest BCUT2D eigenvalue weighted by Gasteiger charge is 2.00. The Morgan fingerprint density at radius 3 is 2.85 bits per heavy atom. The van der Waals surface area contributed by atoms with E-state index in [0.29, 0.717) is 23.8 Å². The zero-order chi connectivity index (χ0) is 9.68. The van der Waals surface area contributed by atoms with Crippen LogP contribution in [0.25, 0.3) is 0 Å². The van der Waals surface area contributed by atoms with Crippen molar-refractivity contribution in [3.63, 3.8) is 0 Å². The maximum atomic E-state index is 13.1. The summed E-state index contributed by atoms with van der Waals surface area (Å²) in [6.45, 7) is 1.28. The fraction of sp³-hybridized carbons (Fsp3) is 0.333. The molecule has 0 fully saturated rings. The molecule has 1 rings (SSSR count). The van der Waals surface area contributed by atoms with E-state index >= 15 is 0 Å². The van der Waals surface area contributed by atoms with E-state index in [-0.39, 0.29) is 5.82 Å². The zero-order valence-electron chi connectivity index (χ0n) is 7.19. The second-order valence-corrected chi connectivity index (χ2v) is 3.13. The standard InChI is InChI=1S/C9H12ClFN2/c10-7-2-3-9(8(11)6-7)13-5-1-4-12/h2-3,6,13H,1,4-5,12H2. The number of benzene rings is 1. The van der Waals surface area contributed by atoms with E-state index in [1.165, 1.54) is 6.07 Å². The van der Waals surface area contributed by atoms with Crippen LogP contribution in [0.1, 0.15) is 6.42 Å². The minimum absolute atomic E-state index is 0.329. The van der Waals surface area contributed by atoms with Gasteiger partial charge in [0.05, 0.1) is 5.69 Å². The van der Waals surface area contributed by atoms with Gasteiger partial charge in [-0.3, -0.25) is 0 Å². The third-order valence-electron chi connectivity index (χ3n) is 1.63. The van der Waals surface area contributed by atoms with E-state index < -0.39 is 0 Å². The molecule has 0 bridgehead atoms. The minimum Gasteiger partial charge on any atom is -0.383 e. The molecule has 3 N–H and O–H groups in total. The van der Waals surface area contributed by atoms with E-state index in [9.17, 15) is 4.39 Å².